The number of urea groups is 1. The van der Waals surface area contributed by atoms with Crippen molar-refractivity contribution < 1.29 is 13.6 Å². The first-order chi connectivity index (χ1) is 15.5. The van der Waals surface area contributed by atoms with Crippen LogP contribution < -0.4 is 10.6 Å². The maximum absolute atomic E-state index is 13.0. The number of anilines is 1. The van der Waals surface area contributed by atoms with Crippen molar-refractivity contribution in [2.45, 2.75) is 31.3 Å². The predicted octanol–water partition coefficient (Wildman–Crippen LogP) is 6.48. The Kier molecular flexibility index (Phi) is 8.21. The molecule has 0 spiro atoms. The number of aromatic nitrogens is 2. The molecule has 0 aliphatic carbocycles. The molecule has 0 saturated carbocycles. The molecule has 0 aliphatic heterocycles. The molecule has 32 heavy (non-hydrogen) atoms. The summed E-state index contributed by atoms with van der Waals surface area (Å²) in [5.41, 5.74) is 4.01. The van der Waals surface area contributed by atoms with Crippen LogP contribution in [0.1, 0.15) is 25.0 Å². The smallest absolute Gasteiger partial charge is 0.319 e. The Labute approximate surface area is 189 Å². The third-order valence-electron chi connectivity index (χ3n) is 4.37. The Bertz CT molecular complexity index is 1160. The molecule has 0 unspecified atom stereocenters. The molecule has 0 saturated heterocycles. The lowest BCUT2D eigenvalue weighted by molar-refractivity contribution is 0.251. The summed E-state index contributed by atoms with van der Waals surface area (Å²) in [6.45, 7) is 4.29. The van der Waals surface area contributed by atoms with Crippen molar-refractivity contribution in [3.8, 4) is 0 Å². The number of nitrogens with one attached hydrogen (secondary N) is 3. The second-order valence-electron chi connectivity index (χ2n) is 6.62. The predicted molar refractivity (Wildman–Crippen MR) is 126 cm³/mol. The molecule has 3 aromatic carbocycles. The standard InChI is InChI=1S/C22H18F2N4OS.C2H6/c23-16-5-1-14(2-6-16)12-25-21(29)26-18-9-10-19-20(11-18)28-22(27-19)30-13-15-3-7-17(24)8-4-15;1-2/h1-11H,12-13H2,(H,27,28)(H2,25,26,29);1-2H3. The minimum Gasteiger partial charge on any atom is -0.334 e. The van der Waals surface area contributed by atoms with E-state index in [0.29, 0.717) is 18.0 Å². The van der Waals surface area contributed by atoms with Gasteiger partial charge < -0.3 is 15.6 Å². The highest BCUT2D eigenvalue weighted by molar-refractivity contribution is 7.98. The molecule has 4 rings (SSSR count). The Hall–Kier alpha value is -3.39. The van der Waals surface area contributed by atoms with E-state index < -0.39 is 0 Å². The van der Waals surface area contributed by atoms with Crippen molar-refractivity contribution >= 4 is 34.5 Å². The highest BCUT2D eigenvalue weighted by Gasteiger charge is 2.07. The normalized spacial score (nSPS) is 10.4. The van der Waals surface area contributed by atoms with Gasteiger partial charge in [0.25, 0.3) is 0 Å². The highest BCUT2D eigenvalue weighted by atomic mass is 32.2. The summed E-state index contributed by atoms with van der Waals surface area (Å²) < 4.78 is 25.9. The Balaban J connectivity index is 0.00000141. The molecule has 0 radical (unpaired) electrons. The first-order valence-electron chi connectivity index (χ1n) is 10.2. The lowest BCUT2D eigenvalue weighted by Gasteiger charge is -2.07. The molecule has 4 aromatic rings. The molecule has 1 aromatic heterocycles. The monoisotopic (exact) mass is 454 g/mol. The SMILES string of the molecule is CC.O=C(NCc1ccc(F)cc1)Nc1ccc2nc(SCc3ccc(F)cc3)[nH]c2c1. The number of carbonyl (C=O) groups excluding carboxylic acids is 1. The first kappa shape index (κ1) is 23.3. The van der Waals surface area contributed by atoms with Gasteiger partial charge in [0.1, 0.15) is 11.6 Å². The molecule has 8 heteroatoms. The first-order valence-corrected chi connectivity index (χ1v) is 11.2. The largest absolute Gasteiger partial charge is 0.334 e. The molecule has 166 valence electrons. The molecule has 3 N–H and O–H groups in total. The fraction of sp³-hybridized carbons (Fsp3) is 0.167. The van der Waals surface area contributed by atoms with Gasteiger partial charge in [0, 0.05) is 18.0 Å². The molecule has 5 nitrogen and oxygen atoms in total. The molecule has 0 atom stereocenters. The Morgan fingerprint density at radius 2 is 1.56 bits per heavy atom. The second kappa shape index (κ2) is 11.3. The molecular formula is C24H24F2N4OS. The number of aromatic amines is 1. The van der Waals surface area contributed by atoms with E-state index >= 15 is 0 Å². The Morgan fingerprint density at radius 1 is 0.938 bits per heavy atom. The van der Waals surface area contributed by atoms with Gasteiger partial charge in [0.05, 0.1) is 11.0 Å². The maximum atomic E-state index is 13.0. The van der Waals surface area contributed by atoms with Gasteiger partial charge in [0.2, 0.25) is 0 Å². The number of rotatable bonds is 6. The fourth-order valence-electron chi connectivity index (χ4n) is 2.82. The number of hydrogen-bond donors (Lipinski definition) is 3. The summed E-state index contributed by atoms with van der Waals surface area (Å²) in [5.74, 6) is 0.0947. The number of hydrogen-bond acceptors (Lipinski definition) is 3. The van der Waals surface area contributed by atoms with E-state index in [9.17, 15) is 13.6 Å². The van der Waals surface area contributed by atoms with Crippen LogP contribution in [0.15, 0.2) is 71.9 Å². The number of amides is 2. The van der Waals surface area contributed by atoms with Crippen LogP contribution in [-0.4, -0.2) is 16.0 Å². The van der Waals surface area contributed by atoms with Gasteiger partial charge in [-0.1, -0.05) is 49.9 Å². The molecule has 0 fully saturated rings. The van der Waals surface area contributed by atoms with E-state index in [-0.39, 0.29) is 17.7 Å². The summed E-state index contributed by atoms with van der Waals surface area (Å²) in [7, 11) is 0. The zero-order valence-corrected chi connectivity index (χ0v) is 18.6. The van der Waals surface area contributed by atoms with Gasteiger partial charge in [-0.15, -0.1) is 0 Å². The summed E-state index contributed by atoms with van der Waals surface area (Å²) in [6.07, 6.45) is 0. The minimum absolute atomic E-state index is 0.255. The summed E-state index contributed by atoms with van der Waals surface area (Å²) in [4.78, 5) is 19.9. The van der Waals surface area contributed by atoms with Crippen LogP contribution in [0.2, 0.25) is 0 Å². The van der Waals surface area contributed by atoms with Gasteiger partial charge in [0.15, 0.2) is 5.16 Å². The van der Waals surface area contributed by atoms with Crippen molar-refractivity contribution in [1.82, 2.24) is 15.3 Å². The number of nitrogens with zero attached hydrogens (tertiary/aromatic N) is 1. The van der Waals surface area contributed by atoms with Crippen molar-refractivity contribution in [2.24, 2.45) is 0 Å². The number of fused-ring (bicyclic) bond motifs is 1. The highest BCUT2D eigenvalue weighted by Crippen LogP contribution is 2.25. The number of halogens is 2. The maximum Gasteiger partial charge on any atom is 0.319 e. The van der Waals surface area contributed by atoms with Gasteiger partial charge in [-0.05, 0) is 53.6 Å². The van der Waals surface area contributed by atoms with E-state index in [4.69, 9.17) is 0 Å². The van der Waals surface area contributed by atoms with Gasteiger partial charge in [-0.2, -0.15) is 0 Å². The van der Waals surface area contributed by atoms with Gasteiger partial charge in [-0.25, -0.2) is 18.6 Å². The van der Waals surface area contributed by atoms with Crippen molar-refractivity contribution in [1.29, 1.82) is 0 Å². The third-order valence-corrected chi connectivity index (χ3v) is 5.32. The summed E-state index contributed by atoms with van der Waals surface area (Å²) >= 11 is 1.52. The van der Waals surface area contributed by atoms with Crippen LogP contribution >= 0.6 is 11.8 Å². The molecule has 0 bridgehead atoms. The molecule has 0 aliphatic rings. The van der Waals surface area contributed by atoms with E-state index in [2.05, 4.69) is 20.6 Å². The van der Waals surface area contributed by atoms with Crippen LogP contribution in [-0.2, 0) is 12.3 Å². The molecule has 1 heterocycles. The number of imidazole rings is 1. The van der Waals surface area contributed by atoms with Crippen molar-refractivity contribution in [3.05, 3.63) is 89.5 Å². The zero-order valence-electron chi connectivity index (χ0n) is 17.8. The minimum atomic E-state index is -0.357. The summed E-state index contributed by atoms with van der Waals surface area (Å²) in [5, 5.41) is 6.25. The van der Waals surface area contributed by atoms with E-state index in [1.165, 1.54) is 36.0 Å². The van der Waals surface area contributed by atoms with Crippen LogP contribution in [0.4, 0.5) is 19.3 Å². The average molecular weight is 455 g/mol. The van der Waals surface area contributed by atoms with Gasteiger partial charge >= 0.3 is 6.03 Å². The number of carbonyl (C=O) groups is 1. The summed E-state index contributed by atoms with van der Waals surface area (Å²) in [6, 6.07) is 17.4. The van der Waals surface area contributed by atoms with Crippen molar-refractivity contribution in [2.75, 3.05) is 5.32 Å². The fourth-order valence-corrected chi connectivity index (χ4v) is 3.67. The van der Waals surface area contributed by atoms with E-state index in [1.54, 1.807) is 30.3 Å². The van der Waals surface area contributed by atoms with Crippen molar-refractivity contribution in [3.63, 3.8) is 0 Å². The topological polar surface area (TPSA) is 69.8 Å². The number of benzene rings is 3. The average Bonchev–Trinajstić information content (AvgIpc) is 3.22. The van der Waals surface area contributed by atoms with E-state index in [1.807, 2.05) is 26.0 Å². The van der Waals surface area contributed by atoms with Crippen LogP contribution in [0.3, 0.4) is 0 Å². The van der Waals surface area contributed by atoms with Gasteiger partial charge in [-0.3, -0.25) is 0 Å². The number of thioether (sulfide) groups is 1. The van der Waals surface area contributed by atoms with Crippen LogP contribution in [0.25, 0.3) is 11.0 Å². The second-order valence-corrected chi connectivity index (χ2v) is 7.59. The molecular weight excluding hydrogens is 430 g/mol. The lowest BCUT2D eigenvalue weighted by atomic mass is 10.2. The van der Waals surface area contributed by atoms with E-state index in [0.717, 1.165) is 27.3 Å². The Morgan fingerprint density at radius 3 is 2.22 bits per heavy atom. The number of H-pyrrole nitrogens is 1. The molecule has 2 amide bonds. The van der Waals surface area contributed by atoms with Crippen LogP contribution in [0.5, 0.6) is 0 Å². The zero-order chi connectivity index (χ0) is 22.9. The quantitative estimate of drug-likeness (QED) is 0.292. The lowest BCUT2D eigenvalue weighted by Crippen LogP contribution is -2.28. The third kappa shape index (κ3) is 6.55. The van der Waals surface area contributed by atoms with Crippen LogP contribution in [0, 0.1) is 11.6 Å².